The van der Waals surface area contributed by atoms with Gasteiger partial charge < -0.3 is 9.84 Å². The highest BCUT2D eigenvalue weighted by atomic mass is 19.1. The molecule has 1 N–H and O–H groups in total. The predicted octanol–water partition coefficient (Wildman–Crippen LogP) is 2.00. The third kappa shape index (κ3) is 4.52. The Hall–Kier alpha value is -1.62. The molecule has 19 heavy (non-hydrogen) atoms. The molecule has 0 saturated carbocycles. The third-order valence-electron chi connectivity index (χ3n) is 3.26. The molecular formula is C14H18FNO3. The highest BCUT2D eigenvalue weighted by molar-refractivity contribution is 5.69. The number of likely N-dealkylation sites (tertiary alicyclic amines) is 1. The van der Waals surface area contributed by atoms with Gasteiger partial charge in [0.05, 0.1) is 13.2 Å². The summed E-state index contributed by atoms with van der Waals surface area (Å²) >= 11 is 0. The second kappa shape index (κ2) is 6.52. The summed E-state index contributed by atoms with van der Waals surface area (Å²) in [5.74, 6) is -0.0901. The summed E-state index contributed by atoms with van der Waals surface area (Å²) in [4.78, 5) is 12.6. The predicted molar refractivity (Wildman–Crippen MR) is 68.7 cm³/mol. The number of halogens is 1. The van der Waals surface area contributed by atoms with E-state index in [1.807, 2.05) is 4.90 Å². The zero-order chi connectivity index (χ0) is 13.7. The number of nitrogens with zero attached hydrogens (tertiary/aromatic N) is 1. The van der Waals surface area contributed by atoms with Crippen molar-refractivity contribution < 1.29 is 19.0 Å². The summed E-state index contributed by atoms with van der Waals surface area (Å²) in [6.45, 7) is 2.21. The Morgan fingerprint density at radius 2 is 2.16 bits per heavy atom. The normalized spacial score (nSPS) is 20.2. The van der Waals surface area contributed by atoms with Gasteiger partial charge in [-0.3, -0.25) is 9.69 Å². The van der Waals surface area contributed by atoms with Crippen molar-refractivity contribution in [2.45, 2.75) is 12.8 Å². The van der Waals surface area contributed by atoms with Gasteiger partial charge >= 0.3 is 5.97 Å². The zero-order valence-electron chi connectivity index (χ0n) is 10.7. The van der Waals surface area contributed by atoms with Crippen molar-refractivity contribution in [2.75, 3.05) is 26.2 Å². The number of rotatable bonds is 5. The van der Waals surface area contributed by atoms with Crippen molar-refractivity contribution in [3.63, 3.8) is 0 Å². The first-order chi connectivity index (χ1) is 9.13. The van der Waals surface area contributed by atoms with E-state index in [0.717, 1.165) is 25.9 Å². The van der Waals surface area contributed by atoms with Gasteiger partial charge in [0.25, 0.3) is 0 Å². The van der Waals surface area contributed by atoms with Crippen LogP contribution in [0.3, 0.4) is 0 Å². The molecule has 0 aromatic heterocycles. The van der Waals surface area contributed by atoms with Gasteiger partial charge in [-0.25, -0.2) is 4.39 Å². The van der Waals surface area contributed by atoms with Crippen LogP contribution < -0.4 is 4.74 Å². The minimum absolute atomic E-state index is 0.0903. The summed E-state index contributed by atoms with van der Waals surface area (Å²) in [5.41, 5.74) is 0. The molecule has 0 bridgehead atoms. The maximum Gasteiger partial charge on any atom is 0.317 e. The lowest BCUT2D eigenvalue weighted by atomic mass is 9.99. The van der Waals surface area contributed by atoms with Crippen molar-refractivity contribution in [1.29, 1.82) is 0 Å². The molecule has 0 amide bonds. The second-order valence-electron chi connectivity index (χ2n) is 4.90. The first-order valence-electron chi connectivity index (χ1n) is 6.46. The number of benzene rings is 1. The number of ether oxygens (including phenoxy) is 1. The molecule has 1 fully saturated rings. The van der Waals surface area contributed by atoms with E-state index in [-0.39, 0.29) is 12.4 Å². The lowest BCUT2D eigenvalue weighted by molar-refractivity contribution is -0.138. The molecule has 1 aliphatic rings. The fraction of sp³-hybridized carbons (Fsp3) is 0.500. The molecule has 2 rings (SSSR count). The number of aliphatic carboxylic acids is 1. The van der Waals surface area contributed by atoms with Crippen LogP contribution in [0, 0.1) is 11.7 Å². The maximum absolute atomic E-state index is 12.7. The lowest BCUT2D eigenvalue weighted by Crippen LogP contribution is -2.40. The molecular weight excluding hydrogens is 249 g/mol. The van der Waals surface area contributed by atoms with Crippen LogP contribution in [0.1, 0.15) is 12.8 Å². The van der Waals surface area contributed by atoms with Crippen LogP contribution in [0.15, 0.2) is 24.3 Å². The van der Waals surface area contributed by atoms with Crippen LogP contribution in [0.25, 0.3) is 0 Å². The summed E-state index contributed by atoms with van der Waals surface area (Å²) in [5, 5.41) is 8.78. The number of carbonyl (C=O) groups is 1. The molecule has 0 spiro atoms. The van der Waals surface area contributed by atoms with Crippen LogP contribution in [0.4, 0.5) is 4.39 Å². The minimum Gasteiger partial charge on any atom is -0.493 e. The monoisotopic (exact) mass is 267 g/mol. The lowest BCUT2D eigenvalue weighted by Gasteiger charge is -2.31. The summed E-state index contributed by atoms with van der Waals surface area (Å²) < 4.78 is 18.3. The van der Waals surface area contributed by atoms with Crippen LogP contribution in [-0.4, -0.2) is 42.2 Å². The Labute approximate surface area is 111 Å². The van der Waals surface area contributed by atoms with Gasteiger partial charge in [-0.15, -0.1) is 0 Å². The average molecular weight is 267 g/mol. The molecule has 0 unspecified atom stereocenters. The smallest absolute Gasteiger partial charge is 0.317 e. The molecule has 5 heteroatoms. The number of carboxylic acids is 1. The van der Waals surface area contributed by atoms with Crippen molar-refractivity contribution in [1.82, 2.24) is 4.90 Å². The summed E-state index contributed by atoms with van der Waals surface area (Å²) in [6, 6.07) is 5.94. The standard InChI is InChI=1S/C14H18FNO3/c15-12-3-5-13(6-4-12)19-10-11-2-1-7-16(8-11)9-14(17)18/h3-6,11H,1-2,7-10H2,(H,17,18)/t11-/m1/s1. The third-order valence-corrected chi connectivity index (χ3v) is 3.26. The van der Waals surface area contributed by atoms with E-state index in [4.69, 9.17) is 9.84 Å². The molecule has 1 heterocycles. The second-order valence-corrected chi connectivity index (χ2v) is 4.90. The molecule has 1 aliphatic heterocycles. The van der Waals surface area contributed by atoms with E-state index in [0.29, 0.717) is 18.3 Å². The summed E-state index contributed by atoms with van der Waals surface area (Å²) in [6.07, 6.45) is 2.03. The van der Waals surface area contributed by atoms with Gasteiger partial charge in [0.15, 0.2) is 0 Å². The van der Waals surface area contributed by atoms with Crippen molar-refractivity contribution >= 4 is 5.97 Å². The number of carboxylic acid groups (broad SMARTS) is 1. The van der Waals surface area contributed by atoms with E-state index >= 15 is 0 Å². The van der Waals surface area contributed by atoms with Gasteiger partial charge in [-0.05, 0) is 43.7 Å². The topological polar surface area (TPSA) is 49.8 Å². The minimum atomic E-state index is -0.792. The van der Waals surface area contributed by atoms with Gasteiger partial charge in [0, 0.05) is 12.5 Å². The van der Waals surface area contributed by atoms with Crippen LogP contribution >= 0.6 is 0 Å². The van der Waals surface area contributed by atoms with Crippen molar-refractivity contribution in [3.8, 4) is 5.75 Å². The Kier molecular flexibility index (Phi) is 4.74. The largest absolute Gasteiger partial charge is 0.493 e. The molecule has 1 aromatic carbocycles. The first kappa shape index (κ1) is 13.8. The fourth-order valence-electron chi connectivity index (χ4n) is 2.37. The Morgan fingerprint density at radius 1 is 1.42 bits per heavy atom. The van der Waals surface area contributed by atoms with Crippen LogP contribution in [-0.2, 0) is 4.79 Å². The van der Waals surface area contributed by atoms with Gasteiger partial charge in [-0.1, -0.05) is 0 Å². The molecule has 104 valence electrons. The Balaban J connectivity index is 1.79. The molecule has 1 aromatic rings. The molecule has 4 nitrogen and oxygen atoms in total. The quantitative estimate of drug-likeness (QED) is 0.886. The van der Waals surface area contributed by atoms with Crippen LogP contribution in [0.5, 0.6) is 5.75 Å². The molecule has 0 aliphatic carbocycles. The Bertz CT molecular complexity index is 421. The van der Waals surface area contributed by atoms with Gasteiger partial charge in [0.1, 0.15) is 11.6 Å². The molecule has 0 radical (unpaired) electrons. The number of hydrogen-bond donors (Lipinski definition) is 1. The van der Waals surface area contributed by atoms with E-state index in [1.165, 1.54) is 12.1 Å². The highest BCUT2D eigenvalue weighted by Gasteiger charge is 2.21. The maximum atomic E-state index is 12.7. The number of piperidine rings is 1. The van der Waals surface area contributed by atoms with Crippen LogP contribution in [0.2, 0.25) is 0 Å². The van der Waals surface area contributed by atoms with Crippen molar-refractivity contribution in [2.24, 2.45) is 5.92 Å². The van der Waals surface area contributed by atoms with Crippen molar-refractivity contribution in [3.05, 3.63) is 30.1 Å². The van der Waals surface area contributed by atoms with E-state index in [2.05, 4.69) is 0 Å². The highest BCUT2D eigenvalue weighted by Crippen LogP contribution is 2.18. The number of hydrogen-bond acceptors (Lipinski definition) is 3. The van der Waals surface area contributed by atoms with E-state index < -0.39 is 5.97 Å². The Morgan fingerprint density at radius 3 is 2.84 bits per heavy atom. The molecule has 1 atom stereocenters. The SMILES string of the molecule is O=C(O)CN1CCC[C@@H](COc2ccc(F)cc2)C1. The zero-order valence-corrected chi connectivity index (χ0v) is 10.7. The van der Waals surface area contributed by atoms with Gasteiger partial charge in [0.2, 0.25) is 0 Å². The first-order valence-corrected chi connectivity index (χ1v) is 6.46. The fourth-order valence-corrected chi connectivity index (χ4v) is 2.37. The molecule has 1 saturated heterocycles. The average Bonchev–Trinajstić information content (AvgIpc) is 2.38. The van der Waals surface area contributed by atoms with E-state index in [1.54, 1.807) is 12.1 Å². The van der Waals surface area contributed by atoms with E-state index in [9.17, 15) is 9.18 Å². The van der Waals surface area contributed by atoms with Gasteiger partial charge in [-0.2, -0.15) is 0 Å². The summed E-state index contributed by atoms with van der Waals surface area (Å²) in [7, 11) is 0.